The molecule has 2 bridgehead atoms. The minimum Gasteiger partial charge on any atom is -0.361 e. The number of hydroxylamine groups is 1. The lowest BCUT2D eigenvalue weighted by molar-refractivity contribution is -0.155. The van der Waals surface area contributed by atoms with Crippen LogP contribution in [0, 0.1) is 5.92 Å². The average molecular weight is 282 g/mol. The molecule has 6 rings (SSSR count). The molecule has 2 N–H and O–H groups in total. The lowest BCUT2D eigenvalue weighted by Gasteiger charge is -2.47. The van der Waals surface area contributed by atoms with Crippen LogP contribution in [0.2, 0.25) is 0 Å². The van der Waals surface area contributed by atoms with E-state index < -0.39 is 0 Å². The van der Waals surface area contributed by atoms with E-state index in [0.29, 0.717) is 5.92 Å². The summed E-state index contributed by atoms with van der Waals surface area (Å²) in [5.41, 5.74) is 4.93. The van der Waals surface area contributed by atoms with Crippen molar-refractivity contribution in [1.29, 1.82) is 0 Å². The van der Waals surface area contributed by atoms with Crippen molar-refractivity contribution in [3.05, 3.63) is 36.0 Å². The first-order valence-corrected chi connectivity index (χ1v) is 7.66. The second-order valence-corrected chi connectivity index (χ2v) is 6.34. The summed E-state index contributed by atoms with van der Waals surface area (Å²) in [6, 6.07) is 8.43. The molecule has 4 aliphatic heterocycles. The Morgan fingerprint density at radius 3 is 2.95 bits per heavy atom. The van der Waals surface area contributed by atoms with Crippen LogP contribution in [0.15, 0.2) is 35.5 Å². The number of rotatable bonds is 1. The SMILES string of the molecule is c1cc2ccc(C3=NC4(CN5CCC4CC5)ON3)cc2[nH]1. The third-order valence-corrected chi connectivity index (χ3v) is 5.13. The van der Waals surface area contributed by atoms with Crippen LogP contribution in [-0.4, -0.2) is 41.1 Å². The summed E-state index contributed by atoms with van der Waals surface area (Å²) in [7, 11) is 0. The van der Waals surface area contributed by atoms with Gasteiger partial charge in [0.25, 0.3) is 0 Å². The van der Waals surface area contributed by atoms with Crippen LogP contribution in [0.5, 0.6) is 0 Å². The topological polar surface area (TPSA) is 52.6 Å². The number of fused-ring (bicyclic) bond motifs is 3. The van der Waals surface area contributed by atoms with Gasteiger partial charge in [0.1, 0.15) is 0 Å². The van der Waals surface area contributed by atoms with Gasteiger partial charge in [-0.1, -0.05) is 12.1 Å². The van der Waals surface area contributed by atoms with Gasteiger partial charge in [-0.3, -0.25) is 4.90 Å². The van der Waals surface area contributed by atoms with E-state index in [4.69, 9.17) is 9.83 Å². The van der Waals surface area contributed by atoms with Gasteiger partial charge in [0.2, 0.25) is 5.72 Å². The van der Waals surface area contributed by atoms with Crippen LogP contribution in [0.3, 0.4) is 0 Å². The van der Waals surface area contributed by atoms with Crippen LogP contribution in [-0.2, 0) is 4.84 Å². The largest absolute Gasteiger partial charge is 0.361 e. The van der Waals surface area contributed by atoms with Crippen molar-refractivity contribution in [3.8, 4) is 0 Å². The van der Waals surface area contributed by atoms with E-state index in [2.05, 4.69) is 39.6 Å². The van der Waals surface area contributed by atoms with Crippen molar-refractivity contribution in [2.45, 2.75) is 18.6 Å². The number of nitrogens with zero attached hydrogens (tertiary/aromatic N) is 2. The molecule has 3 fully saturated rings. The van der Waals surface area contributed by atoms with E-state index in [1.807, 2.05) is 6.20 Å². The molecule has 0 radical (unpaired) electrons. The van der Waals surface area contributed by atoms with E-state index in [0.717, 1.165) is 23.5 Å². The highest BCUT2D eigenvalue weighted by molar-refractivity contribution is 6.01. The zero-order chi connectivity index (χ0) is 13.9. The molecule has 21 heavy (non-hydrogen) atoms. The quantitative estimate of drug-likeness (QED) is 0.839. The molecule has 5 heteroatoms. The number of benzene rings is 1. The monoisotopic (exact) mass is 282 g/mol. The van der Waals surface area contributed by atoms with Crippen LogP contribution in [0.1, 0.15) is 18.4 Å². The number of piperidine rings is 3. The van der Waals surface area contributed by atoms with E-state index in [1.54, 1.807) is 0 Å². The van der Waals surface area contributed by atoms with E-state index in [-0.39, 0.29) is 5.72 Å². The van der Waals surface area contributed by atoms with Gasteiger partial charge in [-0.25, -0.2) is 15.3 Å². The van der Waals surface area contributed by atoms with Crippen molar-refractivity contribution in [1.82, 2.24) is 15.4 Å². The Hall–Kier alpha value is -1.85. The number of aromatic nitrogens is 1. The first kappa shape index (κ1) is 11.8. The van der Waals surface area contributed by atoms with Crippen LogP contribution < -0.4 is 5.48 Å². The molecule has 4 aliphatic rings. The second-order valence-electron chi connectivity index (χ2n) is 6.34. The summed E-state index contributed by atoms with van der Waals surface area (Å²) in [6.45, 7) is 3.29. The summed E-state index contributed by atoms with van der Waals surface area (Å²) in [6.07, 6.45) is 4.34. The standard InChI is InChI=1S/C16H18N4O/c1-2-12(9-14-11(1)3-6-17-14)15-18-16(21-19-15)10-20-7-4-13(16)5-8-20/h1-3,6,9,13,17H,4-5,7-8,10H2,(H,18,19). The van der Waals surface area contributed by atoms with Crippen LogP contribution in [0.25, 0.3) is 10.9 Å². The zero-order valence-corrected chi connectivity index (χ0v) is 11.8. The highest BCUT2D eigenvalue weighted by Gasteiger charge is 2.51. The normalized spacial score (nSPS) is 34.4. The Labute approximate surface area is 122 Å². The van der Waals surface area contributed by atoms with Crippen molar-refractivity contribution in [2.24, 2.45) is 10.9 Å². The lowest BCUT2D eigenvalue weighted by atomic mass is 9.81. The van der Waals surface area contributed by atoms with Gasteiger partial charge in [-0.05, 0) is 43.5 Å². The maximum atomic E-state index is 5.97. The molecular weight excluding hydrogens is 264 g/mol. The molecule has 3 saturated heterocycles. The highest BCUT2D eigenvalue weighted by Crippen LogP contribution is 2.40. The van der Waals surface area contributed by atoms with Gasteiger partial charge in [-0.2, -0.15) is 0 Å². The number of aromatic amines is 1. The number of nitrogens with one attached hydrogen (secondary N) is 2. The summed E-state index contributed by atoms with van der Waals surface area (Å²) < 4.78 is 0. The molecule has 1 aromatic heterocycles. The van der Waals surface area contributed by atoms with E-state index in [1.165, 1.54) is 31.3 Å². The van der Waals surface area contributed by atoms with E-state index >= 15 is 0 Å². The van der Waals surface area contributed by atoms with Gasteiger partial charge < -0.3 is 4.98 Å². The molecule has 1 aromatic carbocycles. The molecule has 1 atom stereocenters. The molecule has 1 unspecified atom stereocenters. The lowest BCUT2D eigenvalue weighted by Crippen LogP contribution is -2.58. The summed E-state index contributed by atoms with van der Waals surface area (Å²) in [5, 5.41) is 1.22. The molecule has 108 valence electrons. The number of amidine groups is 1. The molecular formula is C16H18N4O. The second kappa shape index (κ2) is 4.08. The predicted octanol–water partition coefficient (Wildman–Crippen LogP) is 1.87. The first-order chi connectivity index (χ1) is 10.3. The molecule has 1 spiro atoms. The molecule has 0 amide bonds. The minimum atomic E-state index is -0.365. The van der Waals surface area contributed by atoms with Crippen molar-refractivity contribution < 1.29 is 4.84 Å². The third kappa shape index (κ3) is 1.68. The predicted molar refractivity (Wildman–Crippen MR) is 81.0 cm³/mol. The summed E-state index contributed by atoms with van der Waals surface area (Å²) in [4.78, 5) is 16.6. The van der Waals surface area contributed by atoms with Gasteiger partial charge in [0, 0.05) is 23.2 Å². The summed E-state index contributed by atoms with van der Waals surface area (Å²) >= 11 is 0. The van der Waals surface area contributed by atoms with Gasteiger partial charge in [0.05, 0.1) is 6.54 Å². The van der Waals surface area contributed by atoms with Crippen LogP contribution in [0.4, 0.5) is 0 Å². The molecule has 0 aliphatic carbocycles. The van der Waals surface area contributed by atoms with Gasteiger partial charge in [-0.15, -0.1) is 0 Å². The van der Waals surface area contributed by atoms with Crippen molar-refractivity contribution in [3.63, 3.8) is 0 Å². The van der Waals surface area contributed by atoms with Crippen LogP contribution >= 0.6 is 0 Å². The van der Waals surface area contributed by atoms with Gasteiger partial charge >= 0.3 is 0 Å². The number of hydrogen-bond acceptors (Lipinski definition) is 4. The fraction of sp³-hybridized carbons (Fsp3) is 0.438. The van der Waals surface area contributed by atoms with E-state index in [9.17, 15) is 0 Å². The maximum Gasteiger partial charge on any atom is 0.202 e. The van der Waals surface area contributed by atoms with Gasteiger partial charge in [0.15, 0.2) is 5.84 Å². The smallest absolute Gasteiger partial charge is 0.202 e. The number of H-pyrrole nitrogens is 1. The first-order valence-electron chi connectivity index (χ1n) is 7.66. The fourth-order valence-corrected chi connectivity index (χ4v) is 3.92. The minimum absolute atomic E-state index is 0.365. The molecule has 2 aromatic rings. The van der Waals surface area contributed by atoms with Crippen molar-refractivity contribution in [2.75, 3.05) is 19.6 Å². The Bertz CT molecular complexity index is 729. The third-order valence-electron chi connectivity index (χ3n) is 5.13. The average Bonchev–Trinajstić information content (AvgIpc) is 3.15. The number of hydrogen-bond donors (Lipinski definition) is 2. The Morgan fingerprint density at radius 1 is 1.24 bits per heavy atom. The molecule has 5 heterocycles. The molecule has 0 saturated carbocycles. The highest BCUT2D eigenvalue weighted by atomic mass is 16.7. The maximum absolute atomic E-state index is 5.97. The Balaban J connectivity index is 1.53. The Kier molecular flexibility index (Phi) is 2.29. The zero-order valence-electron chi connectivity index (χ0n) is 11.8. The fourth-order valence-electron chi connectivity index (χ4n) is 3.92. The summed E-state index contributed by atoms with van der Waals surface area (Å²) in [5.74, 6) is 1.40. The number of aliphatic imine (C=N–C) groups is 1. The van der Waals surface area contributed by atoms with Crippen molar-refractivity contribution >= 4 is 16.7 Å². The molecule has 5 nitrogen and oxygen atoms in total. The Morgan fingerprint density at radius 2 is 2.14 bits per heavy atom.